The van der Waals surface area contributed by atoms with Crippen LogP contribution in [0.5, 0.6) is 11.5 Å². The third-order valence-electron chi connectivity index (χ3n) is 4.29. The summed E-state index contributed by atoms with van der Waals surface area (Å²) >= 11 is 3.28. The number of fused-ring (bicyclic) bond motifs is 1. The lowest BCUT2D eigenvalue weighted by atomic mass is 10.1. The zero-order valence-electron chi connectivity index (χ0n) is 14.9. The van der Waals surface area contributed by atoms with Crippen molar-refractivity contribution >= 4 is 44.9 Å². The molecule has 0 bridgehead atoms. The van der Waals surface area contributed by atoms with Gasteiger partial charge in [-0.05, 0) is 37.3 Å². The molecule has 1 heterocycles. The maximum atomic E-state index is 12.7. The average Bonchev–Trinajstić information content (AvgIpc) is 2.91. The summed E-state index contributed by atoms with van der Waals surface area (Å²) in [7, 11) is 3.01. The van der Waals surface area contributed by atoms with Crippen LogP contribution in [0.15, 0.2) is 40.9 Å². The lowest BCUT2D eigenvalue weighted by Gasteiger charge is -2.24. The number of Topliss-reactive ketones (excluding diaryl/α,β-unsaturated/α-hetero) is 1. The van der Waals surface area contributed by atoms with Gasteiger partial charge in [0, 0.05) is 16.2 Å². The molecular weight excluding hydrogens is 416 g/mol. The van der Waals surface area contributed by atoms with Gasteiger partial charge in [-0.3, -0.25) is 19.3 Å². The van der Waals surface area contributed by atoms with Crippen molar-refractivity contribution in [1.29, 1.82) is 0 Å². The van der Waals surface area contributed by atoms with Crippen LogP contribution in [0.1, 0.15) is 17.3 Å². The van der Waals surface area contributed by atoms with Gasteiger partial charge in [0.2, 0.25) is 5.91 Å². The second-order valence-corrected chi connectivity index (χ2v) is 6.82. The van der Waals surface area contributed by atoms with Gasteiger partial charge < -0.3 is 14.8 Å². The fraction of sp³-hybridized carbons (Fsp3) is 0.211. The number of carbonyl (C=O) groups is 3. The second-order valence-electron chi connectivity index (χ2n) is 5.90. The molecule has 0 aromatic heterocycles. The Balaban J connectivity index is 1.84. The number of carbonyl (C=O) groups excluding carboxylic acids is 3. The van der Waals surface area contributed by atoms with Crippen molar-refractivity contribution in [1.82, 2.24) is 0 Å². The summed E-state index contributed by atoms with van der Waals surface area (Å²) in [4.78, 5) is 38.5. The third kappa shape index (κ3) is 3.40. The number of nitrogens with one attached hydrogen (secondary N) is 1. The molecule has 1 atom stereocenters. The van der Waals surface area contributed by atoms with Gasteiger partial charge in [0.25, 0.3) is 11.7 Å². The number of amides is 2. The summed E-state index contributed by atoms with van der Waals surface area (Å²) in [5, 5.41) is 2.73. The van der Waals surface area contributed by atoms with Crippen LogP contribution in [0.25, 0.3) is 0 Å². The molecule has 27 heavy (non-hydrogen) atoms. The predicted octanol–water partition coefficient (Wildman–Crippen LogP) is 3.02. The monoisotopic (exact) mass is 432 g/mol. The molecule has 0 spiro atoms. The molecule has 0 aliphatic carbocycles. The van der Waals surface area contributed by atoms with Gasteiger partial charge in [0.05, 0.1) is 25.5 Å². The zero-order chi connectivity index (χ0) is 19.7. The number of rotatable bonds is 5. The van der Waals surface area contributed by atoms with E-state index in [9.17, 15) is 14.4 Å². The van der Waals surface area contributed by atoms with Crippen LogP contribution < -0.4 is 19.7 Å². The molecule has 8 heteroatoms. The Hall–Kier alpha value is -2.87. The van der Waals surface area contributed by atoms with Crippen molar-refractivity contribution < 1.29 is 23.9 Å². The molecule has 1 unspecified atom stereocenters. The summed E-state index contributed by atoms with van der Waals surface area (Å²) in [5.41, 5.74) is 1.18. The summed E-state index contributed by atoms with van der Waals surface area (Å²) in [6.07, 6.45) is 0. The van der Waals surface area contributed by atoms with Crippen LogP contribution in [0, 0.1) is 0 Å². The van der Waals surface area contributed by atoms with Gasteiger partial charge in [-0.25, -0.2) is 0 Å². The highest BCUT2D eigenvalue weighted by Crippen LogP contribution is 2.34. The van der Waals surface area contributed by atoms with E-state index in [2.05, 4.69) is 21.2 Å². The minimum Gasteiger partial charge on any atom is -0.493 e. The van der Waals surface area contributed by atoms with Crippen LogP contribution in [0.3, 0.4) is 0 Å². The van der Waals surface area contributed by atoms with Crippen LogP contribution >= 0.6 is 15.9 Å². The molecule has 2 aromatic rings. The Morgan fingerprint density at radius 3 is 2.44 bits per heavy atom. The molecule has 1 aliphatic heterocycles. The maximum absolute atomic E-state index is 12.7. The average molecular weight is 433 g/mol. The van der Waals surface area contributed by atoms with Gasteiger partial charge in [0.1, 0.15) is 6.04 Å². The molecule has 7 nitrogen and oxygen atoms in total. The molecule has 2 amide bonds. The topological polar surface area (TPSA) is 84.9 Å². The highest BCUT2D eigenvalue weighted by Gasteiger charge is 2.40. The minimum atomic E-state index is -0.878. The number of nitrogens with zero attached hydrogens (tertiary/aromatic N) is 1. The van der Waals surface area contributed by atoms with E-state index in [0.717, 1.165) is 0 Å². The smallest absolute Gasteiger partial charge is 0.300 e. The van der Waals surface area contributed by atoms with Crippen molar-refractivity contribution in [2.24, 2.45) is 0 Å². The standard InChI is InChI=1S/C19H17BrN2O5/c1-10(18(24)21-12-5-7-15(26-2)16(9-12)27-3)22-14-6-4-11(20)8-13(14)17(23)19(22)25/h4-10H,1-3H3,(H,21,24). The highest BCUT2D eigenvalue weighted by molar-refractivity contribution is 9.10. The van der Waals surface area contributed by atoms with E-state index in [0.29, 0.717) is 27.3 Å². The Morgan fingerprint density at radius 2 is 1.78 bits per heavy atom. The first-order valence-electron chi connectivity index (χ1n) is 8.07. The van der Waals surface area contributed by atoms with Crippen molar-refractivity contribution in [2.75, 3.05) is 24.4 Å². The molecule has 140 valence electrons. The number of benzene rings is 2. The number of methoxy groups -OCH3 is 2. The van der Waals surface area contributed by atoms with E-state index in [1.54, 1.807) is 43.3 Å². The van der Waals surface area contributed by atoms with Gasteiger partial charge in [0.15, 0.2) is 11.5 Å². The van der Waals surface area contributed by atoms with Gasteiger partial charge in [-0.1, -0.05) is 15.9 Å². The fourth-order valence-corrected chi connectivity index (χ4v) is 3.26. The number of ketones is 1. The first-order valence-corrected chi connectivity index (χ1v) is 8.87. The van der Waals surface area contributed by atoms with Crippen LogP contribution in [-0.4, -0.2) is 37.9 Å². The molecule has 1 aliphatic rings. The molecule has 2 aromatic carbocycles. The molecular formula is C19H17BrN2O5. The first-order chi connectivity index (χ1) is 12.9. The first kappa shape index (κ1) is 18.9. The molecule has 3 rings (SSSR count). The number of hydrogen-bond donors (Lipinski definition) is 1. The normalized spacial score (nSPS) is 14.0. The molecule has 0 radical (unpaired) electrons. The largest absolute Gasteiger partial charge is 0.493 e. The fourth-order valence-electron chi connectivity index (χ4n) is 2.90. The summed E-state index contributed by atoms with van der Waals surface area (Å²) in [6.45, 7) is 1.57. The van der Waals surface area contributed by atoms with Gasteiger partial charge in [-0.2, -0.15) is 0 Å². The van der Waals surface area contributed by atoms with Crippen LogP contribution in [0.4, 0.5) is 11.4 Å². The van der Waals surface area contributed by atoms with E-state index >= 15 is 0 Å². The Morgan fingerprint density at radius 1 is 1.07 bits per heavy atom. The van der Waals surface area contributed by atoms with Crippen molar-refractivity contribution in [3.05, 3.63) is 46.4 Å². The number of hydrogen-bond acceptors (Lipinski definition) is 5. The Bertz CT molecular complexity index is 944. The lowest BCUT2D eigenvalue weighted by Crippen LogP contribution is -2.45. The highest BCUT2D eigenvalue weighted by atomic mass is 79.9. The van der Waals surface area contributed by atoms with E-state index < -0.39 is 23.6 Å². The van der Waals surface area contributed by atoms with E-state index in [1.165, 1.54) is 19.1 Å². The van der Waals surface area contributed by atoms with E-state index in [-0.39, 0.29) is 5.56 Å². The van der Waals surface area contributed by atoms with Crippen molar-refractivity contribution in [3.8, 4) is 11.5 Å². The number of ether oxygens (including phenoxy) is 2. The molecule has 0 fully saturated rings. The third-order valence-corrected chi connectivity index (χ3v) is 4.79. The summed E-state index contributed by atoms with van der Waals surface area (Å²) in [5.74, 6) is -0.789. The van der Waals surface area contributed by atoms with E-state index in [4.69, 9.17) is 9.47 Å². The number of halogens is 1. The quantitative estimate of drug-likeness (QED) is 0.733. The van der Waals surface area contributed by atoms with Crippen molar-refractivity contribution in [3.63, 3.8) is 0 Å². The van der Waals surface area contributed by atoms with Gasteiger partial charge in [-0.15, -0.1) is 0 Å². The SMILES string of the molecule is COc1ccc(NC(=O)C(C)N2C(=O)C(=O)c3cc(Br)ccc32)cc1OC. The Labute approximate surface area is 164 Å². The van der Waals surface area contributed by atoms with Gasteiger partial charge >= 0.3 is 0 Å². The lowest BCUT2D eigenvalue weighted by molar-refractivity contribution is -0.120. The Kier molecular flexibility index (Phi) is 5.18. The zero-order valence-corrected chi connectivity index (χ0v) is 16.5. The minimum absolute atomic E-state index is 0.278. The maximum Gasteiger partial charge on any atom is 0.300 e. The van der Waals surface area contributed by atoms with Crippen LogP contribution in [-0.2, 0) is 9.59 Å². The molecule has 1 N–H and O–H groups in total. The number of anilines is 2. The van der Waals surface area contributed by atoms with Crippen LogP contribution in [0.2, 0.25) is 0 Å². The second kappa shape index (κ2) is 7.40. The molecule has 0 saturated carbocycles. The summed E-state index contributed by atoms with van der Waals surface area (Å²) in [6, 6.07) is 9.00. The predicted molar refractivity (Wildman–Crippen MR) is 104 cm³/mol. The van der Waals surface area contributed by atoms with Crippen molar-refractivity contribution in [2.45, 2.75) is 13.0 Å². The summed E-state index contributed by atoms with van der Waals surface area (Å²) < 4.78 is 11.1. The van der Waals surface area contributed by atoms with E-state index in [1.807, 2.05) is 0 Å². The molecule has 0 saturated heterocycles.